The molecule has 0 aliphatic heterocycles. The van der Waals surface area contributed by atoms with Crippen LogP contribution in [0, 0.1) is 17.5 Å². The summed E-state index contributed by atoms with van der Waals surface area (Å²) in [6.07, 6.45) is 1.68. The second kappa shape index (κ2) is 7.51. The number of amides is 1. The fourth-order valence-electron chi connectivity index (χ4n) is 2.81. The van der Waals surface area contributed by atoms with Crippen LogP contribution in [0.4, 0.5) is 18.2 Å². The maximum atomic E-state index is 13.8. The second-order valence-electron chi connectivity index (χ2n) is 6.12. The van der Waals surface area contributed by atoms with Crippen LogP contribution in [0.5, 0.6) is 0 Å². The van der Waals surface area contributed by atoms with Crippen LogP contribution in [0.3, 0.4) is 0 Å². The first-order valence-electron chi connectivity index (χ1n) is 8.44. The molecule has 0 bridgehead atoms. The van der Waals surface area contributed by atoms with Crippen LogP contribution in [0.25, 0.3) is 22.0 Å². The summed E-state index contributed by atoms with van der Waals surface area (Å²) in [5, 5.41) is 7.27. The van der Waals surface area contributed by atoms with Gasteiger partial charge in [-0.3, -0.25) is 14.5 Å². The van der Waals surface area contributed by atoms with Gasteiger partial charge in [-0.05, 0) is 30.3 Å². The summed E-state index contributed by atoms with van der Waals surface area (Å²) >= 11 is 1.21. The number of benzene rings is 1. The molecule has 0 radical (unpaired) electrons. The van der Waals surface area contributed by atoms with E-state index in [-0.39, 0.29) is 0 Å². The summed E-state index contributed by atoms with van der Waals surface area (Å²) in [5.41, 5.74) is 1.37. The zero-order valence-electron chi connectivity index (χ0n) is 15.0. The minimum Gasteiger partial charge on any atom is -0.313 e. The maximum Gasteiger partial charge on any atom is 0.262 e. The summed E-state index contributed by atoms with van der Waals surface area (Å²) in [7, 11) is 1.78. The molecule has 0 aliphatic rings. The predicted molar refractivity (Wildman–Crippen MR) is 104 cm³/mol. The third-order valence-corrected chi connectivity index (χ3v) is 5.16. The second-order valence-corrected chi connectivity index (χ2v) is 7.20. The lowest BCUT2D eigenvalue weighted by atomic mass is 10.2. The van der Waals surface area contributed by atoms with E-state index in [0.29, 0.717) is 22.8 Å². The lowest BCUT2D eigenvalue weighted by Gasteiger charge is -2.05. The van der Waals surface area contributed by atoms with Gasteiger partial charge < -0.3 is 5.32 Å². The number of anilines is 1. The molecule has 0 aliphatic carbocycles. The molecular formula is C20H13F3N4OS. The van der Waals surface area contributed by atoms with E-state index in [2.05, 4.69) is 15.4 Å². The molecule has 4 aromatic rings. The molecule has 0 spiro atoms. The van der Waals surface area contributed by atoms with E-state index in [1.165, 1.54) is 11.3 Å². The van der Waals surface area contributed by atoms with Gasteiger partial charge in [0, 0.05) is 25.4 Å². The SMILES string of the molecule is Cn1nc(-c2ccccn2)cc1-c1ccc(NC(=O)c2c(F)cc(F)cc2F)s1. The normalized spacial score (nSPS) is 10.9. The maximum absolute atomic E-state index is 13.8. The average molecular weight is 414 g/mol. The Labute approximate surface area is 167 Å². The minimum absolute atomic E-state index is 0.383. The van der Waals surface area contributed by atoms with Crippen molar-refractivity contribution in [2.75, 3.05) is 5.32 Å². The van der Waals surface area contributed by atoms with Gasteiger partial charge in [0.05, 0.1) is 21.3 Å². The first-order chi connectivity index (χ1) is 13.9. The predicted octanol–water partition coefficient (Wildman–Crippen LogP) is 4.88. The topological polar surface area (TPSA) is 59.8 Å². The third kappa shape index (κ3) is 3.77. The molecule has 1 N–H and O–H groups in total. The molecule has 4 rings (SSSR count). The average Bonchev–Trinajstić information content (AvgIpc) is 3.28. The summed E-state index contributed by atoms with van der Waals surface area (Å²) in [6.45, 7) is 0. The van der Waals surface area contributed by atoms with E-state index in [9.17, 15) is 18.0 Å². The van der Waals surface area contributed by atoms with Gasteiger partial charge in [-0.15, -0.1) is 11.3 Å². The molecule has 0 saturated heterocycles. The zero-order valence-corrected chi connectivity index (χ0v) is 15.8. The Bertz CT molecular complexity index is 1180. The van der Waals surface area contributed by atoms with Crippen molar-refractivity contribution in [3.05, 3.63) is 77.7 Å². The van der Waals surface area contributed by atoms with Crippen molar-refractivity contribution in [2.24, 2.45) is 7.05 Å². The number of rotatable bonds is 4. The molecule has 5 nitrogen and oxygen atoms in total. The quantitative estimate of drug-likeness (QED) is 0.518. The van der Waals surface area contributed by atoms with Crippen molar-refractivity contribution in [3.63, 3.8) is 0 Å². The highest BCUT2D eigenvalue weighted by molar-refractivity contribution is 7.19. The number of hydrogen-bond acceptors (Lipinski definition) is 4. The molecule has 1 amide bonds. The fourth-order valence-corrected chi connectivity index (χ4v) is 3.76. The first-order valence-corrected chi connectivity index (χ1v) is 9.25. The third-order valence-electron chi connectivity index (χ3n) is 4.14. The van der Waals surface area contributed by atoms with Crippen LogP contribution in [0.2, 0.25) is 0 Å². The number of aryl methyl sites for hydroxylation is 1. The van der Waals surface area contributed by atoms with Gasteiger partial charge in [0.1, 0.15) is 28.7 Å². The molecule has 0 unspecified atom stereocenters. The van der Waals surface area contributed by atoms with Crippen LogP contribution >= 0.6 is 11.3 Å². The van der Waals surface area contributed by atoms with E-state index < -0.39 is 28.9 Å². The lowest BCUT2D eigenvalue weighted by Crippen LogP contribution is -2.15. The largest absolute Gasteiger partial charge is 0.313 e. The number of hydrogen-bond donors (Lipinski definition) is 1. The van der Waals surface area contributed by atoms with Crippen molar-refractivity contribution in [3.8, 4) is 22.0 Å². The standard InChI is InChI=1S/C20H13F3N4OS/c1-27-16(10-15(26-27)14-4-2-3-7-24-14)17-5-6-18(29-17)25-20(28)19-12(22)8-11(21)9-13(19)23/h2-10H,1H3,(H,25,28). The van der Waals surface area contributed by atoms with E-state index in [0.717, 1.165) is 16.3 Å². The number of pyridine rings is 1. The van der Waals surface area contributed by atoms with E-state index in [1.807, 2.05) is 24.3 Å². The Kier molecular flexibility index (Phi) is 4.89. The summed E-state index contributed by atoms with van der Waals surface area (Å²) in [5.74, 6) is -4.60. The molecule has 3 aromatic heterocycles. The Morgan fingerprint density at radius 2 is 1.79 bits per heavy atom. The summed E-state index contributed by atoms with van der Waals surface area (Å²) in [4.78, 5) is 17.3. The van der Waals surface area contributed by atoms with Crippen LogP contribution in [0.15, 0.2) is 54.7 Å². The van der Waals surface area contributed by atoms with E-state index >= 15 is 0 Å². The van der Waals surface area contributed by atoms with Gasteiger partial charge in [0.15, 0.2) is 0 Å². The molecule has 0 saturated carbocycles. The van der Waals surface area contributed by atoms with Crippen molar-refractivity contribution in [2.45, 2.75) is 0 Å². The Balaban J connectivity index is 1.58. The van der Waals surface area contributed by atoms with Crippen molar-refractivity contribution < 1.29 is 18.0 Å². The van der Waals surface area contributed by atoms with Gasteiger partial charge in [-0.1, -0.05) is 6.07 Å². The monoisotopic (exact) mass is 414 g/mol. The number of carbonyl (C=O) groups is 1. The van der Waals surface area contributed by atoms with E-state index in [4.69, 9.17) is 0 Å². The van der Waals surface area contributed by atoms with Crippen molar-refractivity contribution >= 4 is 22.2 Å². The zero-order chi connectivity index (χ0) is 20.5. The van der Waals surface area contributed by atoms with Gasteiger partial charge >= 0.3 is 0 Å². The van der Waals surface area contributed by atoms with Crippen LogP contribution in [-0.2, 0) is 7.05 Å². The Hall–Kier alpha value is -3.46. The molecular weight excluding hydrogens is 401 g/mol. The van der Waals surface area contributed by atoms with Gasteiger partial charge in [0.25, 0.3) is 5.91 Å². The van der Waals surface area contributed by atoms with Gasteiger partial charge in [-0.2, -0.15) is 5.10 Å². The number of halogens is 3. The highest BCUT2D eigenvalue weighted by atomic mass is 32.1. The fraction of sp³-hybridized carbons (Fsp3) is 0.0500. The van der Waals surface area contributed by atoms with E-state index in [1.54, 1.807) is 30.1 Å². The molecule has 9 heteroatoms. The first kappa shape index (κ1) is 18.9. The smallest absolute Gasteiger partial charge is 0.262 e. The van der Waals surface area contributed by atoms with Crippen LogP contribution < -0.4 is 5.32 Å². The molecule has 0 fully saturated rings. The number of nitrogens with one attached hydrogen (secondary N) is 1. The van der Waals surface area contributed by atoms with Gasteiger partial charge in [0.2, 0.25) is 0 Å². The molecule has 0 atom stereocenters. The molecule has 3 heterocycles. The number of carbonyl (C=O) groups excluding carboxylic acids is 1. The number of nitrogens with zero attached hydrogens (tertiary/aromatic N) is 3. The van der Waals surface area contributed by atoms with Crippen LogP contribution in [-0.4, -0.2) is 20.7 Å². The highest BCUT2D eigenvalue weighted by Crippen LogP contribution is 2.33. The van der Waals surface area contributed by atoms with Crippen molar-refractivity contribution in [1.82, 2.24) is 14.8 Å². The van der Waals surface area contributed by atoms with Gasteiger partial charge in [-0.25, -0.2) is 13.2 Å². The summed E-state index contributed by atoms with van der Waals surface area (Å²) in [6, 6.07) is 11.7. The number of aromatic nitrogens is 3. The Morgan fingerprint density at radius 3 is 2.48 bits per heavy atom. The molecule has 146 valence electrons. The molecule has 1 aromatic carbocycles. The van der Waals surface area contributed by atoms with Crippen LogP contribution in [0.1, 0.15) is 10.4 Å². The lowest BCUT2D eigenvalue weighted by molar-refractivity contribution is 0.101. The Morgan fingerprint density at radius 1 is 1.03 bits per heavy atom. The van der Waals surface area contributed by atoms with Crippen molar-refractivity contribution in [1.29, 1.82) is 0 Å². The highest BCUT2D eigenvalue weighted by Gasteiger charge is 2.20. The summed E-state index contributed by atoms with van der Waals surface area (Å²) < 4.78 is 42.3. The number of thiophene rings is 1. The molecule has 29 heavy (non-hydrogen) atoms. The minimum atomic E-state index is -1.26.